The maximum absolute atomic E-state index is 13.1. The molecule has 1 aliphatic heterocycles. The van der Waals surface area contributed by atoms with Crippen LogP contribution in [-0.4, -0.2) is 29.8 Å². The molecule has 23 heavy (non-hydrogen) atoms. The van der Waals surface area contributed by atoms with Gasteiger partial charge in [-0.15, -0.1) is 0 Å². The number of benzene rings is 1. The van der Waals surface area contributed by atoms with E-state index in [-0.39, 0.29) is 17.8 Å². The zero-order valence-electron chi connectivity index (χ0n) is 12.9. The molecule has 122 valence electrons. The normalized spacial score (nSPS) is 21.4. The van der Waals surface area contributed by atoms with Gasteiger partial charge in [0.25, 0.3) is 0 Å². The van der Waals surface area contributed by atoms with Crippen LogP contribution >= 0.6 is 11.6 Å². The molecule has 0 radical (unpaired) electrons. The molecule has 2 heterocycles. The van der Waals surface area contributed by atoms with E-state index in [1.54, 1.807) is 18.3 Å². The zero-order chi connectivity index (χ0) is 16.3. The van der Waals surface area contributed by atoms with Gasteiger partial charge in [-0.3, -0.25) is 0 Å². The van der Waals surface area contributed by atoms with Gasteiger partial charge in [0.2, 0.25) is 0 Å². The maximum atomic E-state index is 13.1. The fourth-order valence-corrected chi connectivity index (χ4v) is 3.43. The summed E-state index contributed by atoms with van der Waals surface area (Å²) in [5.74, 6) is 0.647. The molecule has 3 nitrogen and oxygen atoms in total. The topological polar surface area (TPSA) is 36.4 Å². The number of hydrogen-bond donors (Lipinski definition) is 1. The van der Waals surface area contributed by atoms with E-state index in [0.717, 1.165) is 43.7 Å². The molecule has 1 aliphatic rings. The molecule has 1 aromatic heterocycles. The van der Waals surface area contributed by atoms with E-state index in [2.05, 4.69) is 9.88 Å². The van der Waals surface area contributed by atoms with Crippen molar-refractivity contribution in [2.75, 3.05) is 24.6 Å². The number of nitrogens with zero attached hydrogens (tertiary/aromatic N) is 2. The van der Waals surface area contributed by atoms with Gasteiger partial charge in [-0.1, -0.05) is 23.7 Å². The van der Waals surface area contributed by atoms with Crippen LogP contribution in [0.5, 0.6) is 0 Å². The zero-order valence-corrected chi connectivity index (χ0v) is 13.6. The molecule has 0 spiro atoms. The first-order valence-corrected chi connectivity index (χ1v) is 8.20. The summed E-state index contributed by atoms with van der Waals surface area (Å²) < 4.78 is 13.1. The number of piperidine rings is 1. The molecule has 0 bridgehead atoms. The summed E-state index contributed by atoms with van der Waals surface area (Å²) in [7, 11) is 0. The van der Waals surface area contributed by atoms with E-state index in [9.17, 15) is 9.50 Å². The fraction of sp³-hybridized carbons (Fsp3) is 0.389. The quantitative estimate of drug-likeness (QED) is 0.926. The average molecular weight is 335 g/mol. The highest BCUT2D eigenvalue weighted by molar-refractivity contribution is 6.30. The number of anilines is 1. The highest BCUT2D eigenvalue weighted by atomic mass is 35.5. The number of pyridine rings is 1. The Morgan fingerprint density at radius 2 is 2.00 bits per heavy atom. The molecule has 0 aliphatic carbocycles. The van der Waals surface area contributed by atoms with Crippen molar-refractivity contribution in [3.63, 3.8) is 0 Å². The summed E-state index contributed by atoms with van der Waals surface area (Å²) in [5.41, 5.74) is 0.823. The van der Waals surface area contributed by atoms with Gasteiger partial charge < -0.3 is 10.0 Å². The molecule has 1 aromatic carbocycles. The number of aliphatic hydroxyl groups excluding tert-OH is 1. The van der Waals surface area contributed by atoms with Crippen LogP contribution in [0.15, 0.2) is 42.6 Å². The maximum Gasteiger partial charge on any atom is 0.128 e. The molecule has 0 amide bonds. The van der Waals surface area contributed by atoms with Crippen molar-refractivity contribution in [2.24, 2.45) is 5.41 Å². The summed E-state index contributed by atoms with van der Waals surface area (Å²) >= 11 is 5.90. The van der Waals surface area contributed by atoms with E-state index in [0.29, 0.717) is 5.02 Å². The lowest BCUT2D eigenvalue weighted by Gasteiger charge is -2.42. The van der Waals surface area contributed by atoms with E-state index in [1.807, 2.05) is 12.1 Å². The average Bonchev–Trinajstić information content (AvgIpc) is 2.58. The van der Waals surface area contributed by atoms with Crippen molar-refractivity contribution in [3.05, 3.63) is 59.0 Å². The molecule has 2 aromatic rings. The summed E-state index contributed by atoms with van der Waals surface area (Å²) in [6.45, 7) is 1.75. The third-order valence-electron chi connectivity index (χ3n) is 4.52. The minimum absolute atomic E-state index is 0.106. The number of aliphatic hydroxyl groups is 1. The minimum atomic E-state index is -0.234. The molecule has 1 N–H and O–H groups in total. The second kappa shape index (κ2) is 6.85. The van der Waals surface area contributed by atoms with Gasteiger partial charge in [0, 0.05) is 24.7 Å². The van der Waals surface area contributed by atoms with E-state index in [1.165, 1.54) is 12.1 Å². The van der Waals surface area contributed by atoms with Crippen molar-refractivity contribution in [2.45, 2.75) is 19.3 Å². The van der Waals surface area contributed by atoms with Gasteiger partial charge in [0.05, 0.1) is 11.6 Å². The van der Waals surface area contributed by atoms with Crippen LogP contribution in [0, 0.1) is 11.2 Å². The highest BCUT2D eigenvalue weighted by Crippen LogP contribution is 2.35. The van der Waals surface area contributed by atoms with Crippen LogP contribution < -0.4 is 4.90 Å². The van der Waals surface area contributed by atoms with Gasteiger partial charge in [-0.05, 0) is 49.1 Å². The number of halogens is 2. The molecule has 3 rings (SSSR count). The van der Waals surface area contributed by atoms with Crippen LogP contribution in [0.25, 0.3) is 0 Å². The van der Waals surface area contributed by atoms with E-state index < -0.39 is 0 Å². The molecular weight excluding hydrogens is 315 g/mol. The van der Waals surface area contributed by atoms with Crippen molar-refractivity contribution < 1.29 is 9.50 Å². The minimum Gasteiger partial charge on any atom is -0.396 e. The molecule has 0 unspecified atom stereocenters. The summed E-state index contributed by atoms with van der Waals surface area (Å²) in [4.78, 5) is 6.58. The predicted octanol–water partition coefficient (Wildman–Crippen LogP) is 3.70. The Balaban J connectivity index is 1.78. The second-order valence-electron chi connectivity index (χ2n) is 6.32. The Morgan fingerprint density at radius 1 is 1.22 bits per heavy atom. The fourth-order valence-electron chi connectivity index (χ4n) is 3.32. The van der Waals surface area contributed by atoms with Crippen molar-refractivity contribution in [1.82, 2.24) is 4.98 Å². The standard InChI is InChI=1S/C18H20ClFN2O/c19-15-4-7-17(21-11-15)22-9-1-8-18(12-22,13-23)10-14-2-5-16(20)6-3-14/h2-7,11,23H,1,8-10,12-13H2/t18-/m1/s1. The second-order valence-corrected chi connectivity index (χ2v) is 6.76. The lowest BCUT2D eigenvalue weighted by atomic mass is 9.75. The largest absolute Gasteiger partial charge is 0.396 e. The first kappa shape index (κ1) is 16.2. The molecule has 1 fully saturated rings. The Kier molecular flexibility index (Phi) is 4.83. The first-order chi connectivity index (χ1) is 11.1. The Hall–Kier alpha value is -1.65. The van der Waals surface area contributed by atoms with Gasteiger partial charge in [0.1, 0.15) is 11.6 Å². The smallest absolute Gasteiger partial charge is 0.128 e. The summed E-state index contributed by atoms with van der Waals surface area (Å²) in [6.07, 6.45) is 4.32. The lowest BCUT2D eigenvalue weighted by molar-refractivity contribution is 0.105. The summed E-state index contributed by atoms with van der Waals surface area (Å²) in [5, 5.41) is 10.6. The van der Waals surface area contributed by atoms with Gasteiger partial charge >= 0.3 is 0 Å². The molecule has 0 saturated carbocycles. The van der Waals surface area contributed by atoms with Crippen LogP contribution in [0.3, 0.4) is 0 Å². The van der Waals surface area contributed by atoms with Crippen LogP contribution in [0.1, 0.15) is 18.4 Å². The Morgan fingerprint density at radius 3 is 2.65 bits per heavy atom. The van der Waals surface area contributed by atoms with Crippen LogP contribution in [0.4, 0.5) is 10.2 Å². The Bertz CT molecular complexity index is 647. The van der Waals surface area contributed by atoms with E-state index >= 15 is 0 Å². The molecule has 5 heteroatoms. The SMILES string of the molecule is OC[C@@]1(Cc2ccc(F)cc2)CCCN(c2ccc(Cl)cn2)C1. The number of hydrogen-bond acceptors (Lipinski definition) is 3. The van der Waals surface area contributed by atoms with Crippen molar-refractivity contribution in [3.8, 4) is 0 Å². The molecular formula is C18H20ClFN2O. The van der Waals surface area contributed by atoms with Crippen molar-refractivity contribution in [1.29, 1.82) is 0 Å². The molecule has 1 atom stereocenters. The number of rotatable bonds is 4. The third kappa shape index (κ3) is 3.82. The van der Waals surface area contributed by atoms with Gasteiger partial charge in [-0.2, -0.15) is 0 Å². The van der Waals surface area contributed by atoms with E-state index in [4.69, 9.17) is 11.6 Å². The summed E-state index contributed by atoms with van der Waals surface area (Å²) in [6, 6.07) is 10.3. The van der Waals surface area contributed by atoms with Gasteiger partial charge in [-0.25, -0.2) is 9.37 Å². The predicted molar refractivity (Wildman–Crippen MR) is 90.3 cm³/mol. The third-order valence-corrected chi connectivity index (χ3v) is 4.75. The number of aromatic nitrogens is 1. The van der Waals surface area contributed by atoms with Crippen LogP contribution in [-0.2, 0) is 6.42 Å². The lowest BCUT2D eigenvalue weighted by Crippen LogP contribution is -2.47. The first-order valence-electron chi connectivity index (χ1n) is 7.82. The van der Waals surface area contributed by atoms with Gasteiger partial charge in [0.15, 0.2) is 0 Å². The molecule has 1 saturated heterocycles. The van der Waals surface area contributed by atoms with Crippen molar-refractivity contribution >= 4 is 17.4 Å². The van der Waals surface area contributed by atoms with Crippen LogP contribution in [0.2, 0.25) is 5.02 Å². The Labute approximate surface area is 140 Å². The highest BCUT2D eigenvalue weighted by Gasteiger charge is 2.35. The monoisotopic (exact) mass is 334 g/mol.